The van der Waals surface area contributed by atoms with Gasteiger partial charge in [0.15, 0.2) is 5.82 Å². The van der Waals surface area contributed by atoms with Crippen molar-refractivity contribution in [2.45, 2.75) is 37.4 Å². The van der Waals surface area contributed by atoms with Crippen LogP contribution >= 0.6 is 0 Å². The predicted molar refractivity (Wildman–Crippen MR) is 127 cm³/mol. The molecule has 3 heterocycles. The molecule has 5 rings (SSSR count). The lowest BCUT2D eigenvalue weighted by atomic mass is 10.1. The molecule has 3 atom stereocenters. The quantitative estimate of drug-likeness (QED) is 0.394. The van der Waals surface area contributed by atoms with E-state index in [0.717, 1.165) is 24.1 Å². The van der Waals surface area contributed by atoms with E-state index in [0.29, 0.717) is 31.8 Å². The Labute approximate surface area is 210 Å². The van der Waals surface area contributed by atoms with E-state index in [-0.39, 0.29) is 54.3 Å². The van der Waals surface area contributed by atoms with Crippen LogP contribution < -0.4 is 10.6 Å². The molecule has 0 aliphatic carbocycles. The fourth-order valence-corrected chi connectivity index (χ4v) is 4.75. The van der Waals surface area contributed by atoms with E-state index in [9.17, 15) is 22.4 Å². The second-order valence-corrected chi connectivity index (χ2v) is 9.31. The third kappa shape index (κ3) is 6.03. The summed E-state index contributed by atoms with van der Waals surface area (Å²) in [6, 6.07) is 9.28. The number of nitrogens with zero attached hydrogens (tertiary/aromatic N) is 2. The maximum atomic E-state index is 13.2. The van der Waals surface area contributed by atoms with Gasteiger partial charge in [-0.1, -0.05) is 12.1 Å². The van der Waals surface area contributed by atoms with Crippen molar-refractivity contribution < 1.29 is 31.8 Å². The van der Waals surface area contributed by atoms with Crippen LogP contribution in [0.1, 0.15) is 17.5 Å². The van der Waals surface area contributed by atoms with Crippen molar-refractivity contribution in [3.63, 3.8) is 0 Å². The number of H-pyrrole nitrogens is 1. The molecule has 0 saturated carbocycles. The van der Waals surface area contributed by atoms with Gasteiger partial charge in [0, 0.05) is 31.1 Å². The first-order chi connectivity index (χ1) is 17.8. The fourth-order valence-electron chi connectivity index (χ4n) is 4.75. The van der Waals surface area contributed by atoms with Crippen LogP contribution in [0.25, 0.3) is 10.9 Å². The Kier molecular flexibility index (Phi) is 7.31. The minimum Gasteiger partial charge on any atom is -0.380 e. The van der Waals surface area contributed by atoms with E-state index in [1.807, 2.05) is 0 Å². The summed E-state index contributed by atoms with van der Waals surface area (Å²) in [7, 11) is 0. The predicted octanol–water partition coefficient (Wildman–Crippen LogP) is 3.31. The first-order valence-corrected chi connectivity index (χ1v) is 12.0. The number of halogens is 4. The Bertz CT molecular complexity index is 1230. The van der Waals surface area contributed by atoms with Gasteiger partial charge in [0.1, 0.15) is 5.82 Å². The monoisotopic (exact) mass is 521 g/mol. The third-order valence-electron chi connectivity index (χ3n) is 6.75. The maximum absolute atomic E-state index is 13.2. The van der Waals surface area contributed by atoms with Gasteiger partial charge in [0.05, 0.1) is 43.0 Å². The number of amides is 1. The number of carbonyl (C=O) groups is 1. The highest BCUT2D eigenvalue weighted by Gasteiger charge is 2.39. The highest BCUT2D eigenvalue weighted by molar-refractivity contribution is 5.92. The lowest BCUT2D eigenvalue weighted by Gasteiger charge is -2.21. The zero-order chi connectivity index (χ0) is 26.0. The van der Waals surface area contributed by atoms with Gasteiger partial charge >= 0.3 is 6.18 Å². The van der Waals surface area contributed by atoms with Crippen molar-refractivity contribution in [1.82, 2.24) is 20.4 Å². The molecule has 1 amide bonds. The molecule has 3 aromatic rings. The Balaban J connectivity index is 1.22. The number of benzene rings is 2. The number of carbonyl (C=O) groups excluding carboxylic acids is 1. The van der Waals surface area contributed by atoms with E-state index in [1.165, 1.54) is 18.2 Å². The highest BCUT2D eigenvalue weighted by atomic mass is 19.4. The molecule has 2 saturated heterocycles. The van der Waals surface area contributed by atoms with Crippen molar-refractivity contribution in [2.75, 3.05) is 38.2 Å². The number of ether oxygens (including phenoxy) is 2. The summed E-state index contributed by atoms with van der Waals surface area (Å²) < 4.78 is 64.2. The van der Waals surface area contributed by atoms with Crippen LogP contribution in [-0.4, -0.2) is 72.0 Å². The number of aromatic amines is 1. The van der Waals surface area contributed by atoms with Crippen LogP contribution in [0.4, 0.5) is 23.4 Å². The van der Waals surface area contributed by atoms with Crippen molar-refractivity contribution in [2.24, 2.45) is 0 Å². The van der Waals surface area contributed by atoms with Crippen LogP contribution in [-0.2, 0) is 27.1 Å². The standard InChI is InChI=1S/C25H27F4N5O3/c26-17-4-1-15(2-5-17)13-37-22-12-34(18-7-8-36-14-18)11-21(22)31-23(35)10-30-24-19-9-16(25(27,28)29)3-6-20(19)32-33-24/h1-6,9,18,21-22H,7-8,10-14H2,(H,31,35)(H2,30,32,33)/t18?,21?,22-/m0/s1. The molecular formula is C25H27F4N5O3. The summed E-state index contributed by atoms with van der Waals surface area (Å²) in [5.74, 6) is -0.501. The van der Waals surface area contributed by atoms with Crippen LogP contribution in [0, 0.1) is 5.82 Å². The second kappa shape index (κ2) is 10.6. The van der Waals surface area contributed by atoms with Gasteiger partial charge in [-0.15, -0.1) is 0 Å². The molecule has 0 radical (unpaired) electrons. The van der Waals surface area contributed by atoms with E-state index >= 15 is 0 Å². The Morgan fingerprint density at radius 1 is 1.19 bits per heavy atom. The third-order valence-corrected chi connectivity index (χ3v) is 6.75. The van der Waals surface area contributed by atoms with Gasteiger partial charge in [-0.25, -0.2) is 4.39 Å². The summed E-state index contributed by atoms with van der Waals surface area (Å²) in [4.78, 5) is 15.0. The topological polar surface area (TPSA) is 91.5 Å². The van der Waals surface area contributed by atoms with Crippen LogP contribution in [0.2, 0.25) is 0 Å². The lowest BCUT2D eigenvalue weighted by molar-refractivity contribution is -0.137. The van der Waals surface area contributed by atoms with Crippen LogP contribution in [0.3, 0.4) is 0 Å². The molecule has 12 heteroatoms. The number of fused-ring (bicyclic) bond motifs is 1. The van der Waals surface area contributed by atoms with Crippen molar-refractivity contribution in [1.29, 1.82) is 0 Å². The zero-order valence-corrected chi connectivity index (χ0v) is 19.9. The van der Waals surface area contributed by atoms with Gasteiger partial charge in [0.25, 0.3) is 0 Å². The molecule has 0 bridgehead atoms. The molecule has 0 spiro atoms. The Hall–Kier alpha value is -3.22. The number of alkyl halides is 3. The van der Waals surface area contributed by atoms with Crippen molar-refractivity contribution >= 4 is 22.6 Å². The summed E-state index contributed by atoms with van der Waals surface area (Å²) >= 11 is 0. The average Bonchev–Trinajstić information content (AvgIpc) is 3.62. The molecule has 2 fully saturated rings. The minimum atomic E-state index is -4.48. The number of likely N-dealkylation sites (tertiary alicyclic amines) is 1. The zero-order valence-electron chi connectivity index (χ0n) is 19.9. The van der Waals surface area contributed by atoms with Crippen molar-refractivity contribution in [3.8, 4) is 0 Å². The van der Waals surface area contributed by atoms with E-state index < -0.39 is 11.7 Å². The molecule has 198 valence electrons. The summed E-state index contributed by atoms with van der Waals surface area (Å²) in [5.41, 5.74) is 0.451. The average molecular weight is 522 g/mol. The highest BCUT2D eigenvalue weighted by Crippen LogP contribution is 2.32. The molecule has 2 aliphatic rings. The summed E-state index contributed by atoms with van der Waals surface area (Å²) in [5, 5.41) is 12.8. The molecular weight excluding hydrogens is 494 g/mol. The second-order valence-electron chi connectivity index (χ2n) is 9.31. The SMILES string of the molecule is O=C(CNc1n[nH]c2ccc(C(F)(F)F)cc12)NC1CN(C2CCOC2)C[C@@H]1OCc1ccc(F)cc1. The molecule has 3 N–H and O–H groups in total. The number of nitrogens with one attached hydrogen (secondary N) is 3. The molecule has 2 aromatic carbocycles. The number of hydrogen-bond donors (Lipinski definition) is 3. The van der Waals surface area contributed by atoms with Gasteiger partial charge in [-0.2, -0.15) is 18.3 Å². The normalized spacial score (nSPS) is 22.5. The number of anilines is 1. The molecule has 8 nitrogen and oxygen atoms in total. The lowest BCUT2D eigenvalue weighted by Crippen LogP contribution is -2.46. The number of hydrogen-bond acceptors (Lipinski definition) is 6. The van der Waals surface area contributed by atoms with Gasteiger partial charge in [-0.3, -0.25) is 14.8 Å². The summed E-state index contributed by atoms with van der Waals surface area (Å²) in [6.07, 6.45) is -3.88. The Morgan fingerprint density at radius 2 is 2.00 bits per heavy atom. The van der Waals surface area contributed by atoms with Crippen LogP contribution in [0.5, 0.6) is 0 Å². The molecule has 37 heavy (non-hydrogen) atoms. The van der Waals surface area contributed by atoms with Gasteiger partial charge in [-0.05, 0) is 42.3 Å². The minimum absolute atomic E-state index is 0.163. The van der Waals surface area contributed by atoms with E-state index in [1.54, 1.807) is 12.1 Å². The molecule has 2 aliphatic heterocycles. The van der Waals surface area contributed by atoms with Gasteiger partial charge < -0.3 is 20.1 Å². The largest absolute Gasteiger partial charge is 0.416 e. The first-order valence-electron chi connectivity index (χ1n) is 12.0. The smallest absolute Gasteiger partial charge is 0.380 e. The van der Waals surface area contributed by atoms with Crippen LogP contribution in [0.15, 0.2) is 42.5 Å². The van der Waals surface area contributed by atoms with Gasteiger partial charge in [0.2, 0.25) is 5.91 Å². The molecule has 2 unspecified atom stereocenters. The Morgan fingerprint density at radius 3 is 2.73 bits per heavy atom. The first kappa shape index (κ1) is 25.4. The summed E-state index contributed by atoms with van der Waals surface area (Å²) in [6.45, 7) is 2.59. The number of aromatic nitrogens is 2. The van der Waals surface area contributed by atoms with E-state index in [2.05, 4.69) is 25.7 Å². The molecule has 1 aromatic heterocycles. The van der Waals surface area contributed by atoms with E-state index in [4.69, 9.17) is 9.47 Å². The maximum Gasteiger partial charge on any atom is 0.416 e. The van der Waals surface area contributed by atoms with Crippen molar-refractivity contribution in [3.05, 3.63) is 59.4 Å². The fraction of sp³-hybridized carbons (Fsp3) is 0.440. The number of rotatable bonds is 8.